The molecule has 2 fully saturated rings. The van der Waals surface area contributed by atoms with Crippen LogP contribution in [0.15, 0.2) is 30.3 Å². The number of piperazine rings is 1. The first-order valence-corrected chi connectivity index (χ1v) is 8.69. The lowest BCUT2D eigenvalue weighted by molar-refractivity contribution is -0.142. The number of carbonyl (C=O) groups excluding carboxylic acids is 2. The lowest BCUT2D eigenvalue weighted by atomic mass is 9.96. The van der Waals surface area contributed by atoms with Crippen LogP contribution in [0.2, 0.25) is 0 Å². The lowest BCUT2D eigenvalue weighted by Gasteiger charge is -2.36. The topological polar surface area (TPSA) is 61.9 Å². The standard InChI is InChI=1S/C18H25N3O3/c22-17(14-24-16-6-2-1-3-7-16)21-10-4-5-15(13-21)18(23)20-11-8-19-9-12-20/h1-3,6-7,15,19H,4-5,8-14H2. The molecule has 0 radical (unpaired) electrons. The third-order valence-corrected chi connectivity index (χ3v) is 4.66. The smallest absolute Gasteiger partial charge is 0.260 e. The highest BCUT2D eigenvalue weighted by molar-refractivity contribution is 5.82. The van der Waals surface area contributed by atoms with Crippen LogP contribution in [0.5, 0.6) is 5.75 Å². The Morgan fingerprint density at radius 1 is 1.08 bits per heavy atom. The minimum absolute atomic E-state index is 0.0263. The van der Waals surface area contributed by atoms with Crippen LogP contribution in [-0.4, -0.2) is 67.5 Å². The quantitative estimate of drug-likeness (QED) is 0.884. The Bertz CT molecular complexity index is 558. The van der Waals surface area contributed by atoms with E-state index in [1.54, 1.807) is 4.90 Å². The number of benzene rings is 1. The van der Waals surface area contributed by atoms with Gasteiger partial charge in [0.2, 0.25) is 5.91 Å². The summed E-state index contributed by atoms with van der Waals surface area (Å²) in [5, 5.41) is 3.26. The summed E-state index contributed by atoms with van der Waals surface area (Å²) in [6.45, 7) is 4.49. The normalized spacial score (nSPS) is 21.4. The summed E-state index contributed by atoms with van der Waals surface area (Å²) in [6.07, 6.45) is 1.74. The van der Waals surface area contributed by atoms with Gasteiger partial charge in [-0.15, -0.1) is 0 Å². The van der Waals surface area contributed by atoms with Crippen LogP contribution >= 0.6 is 0 Å². The largest absolute Gasteiger partial charge is 0.484 e. The van der Waals surface area contributed by atoms with Crippen molar-refractivity contribution in [2.75, 3.05) is 45.9 Å². The van der Waals surface area contributed by atoms with E-state index in [-0.39, 0.29) is 24.3 Å². The van der Waals surface area contributed by atoms with Crippen molar-refractivity contribution in [2.24, 2.45) is 5.92 Å². The minimum Gasteiger partial charge on any atom is -0.484 e. The predicted octanol–water partition coefficient (Wildman–Crippen LogP) is 0.736. The second-order valence-electron chi connectivity index (χ2n) is 6.36. The van der Waals surface area contributed by atoms with E-state index in [9.17, 15) is 9.59 Å². The number of ether oxygens (including phenoxy) is 1. The van der Waals surface area contributed by atoms with E-state index in [0.717, 1.165) is 39.0 Å². The van der Waals surface area contributed by atoms with Gasteiger partial charge in [0, 0.05) is 39.3 Å². The molecule has 3 rings (SSSR count). The summed E-state index contributed by atoms with van der Waals surface area (Å²) in [5.74, 6) is 0.767. The zero-order valence-electron chi connectivity index (χ0n) is 13.9. The highest BCUT2D eigenvalue weighted by Gasteiger charge is 2.31. The summed E-state index contributed by atoms with van der Waals surface area (Å²) < 4.78 is 5.54. The number of para-hydroxylation sites is 1. The van der Waals surface area contributed by atoms with Crippen molar-refractivity contribution in [3.05, 3.63) is 30.3 Å². The first kappa shape index (κ1) is 16.8. The number of rotatable bonds is 4. The van der Waals surface area contributed by atoms with Gasteiger partial charge in [-0.25, -0.2) is 0 Å². The molecule has 1 N–H and O–H groups in total. The van der Waals surface area contributed by atoms with Crippen molar-refractivity contribution in [1.29, 1.82) is 0 Å². The van der Waals surface area contributed by atoms with Gasteiger partial charge in [-0.05, 0) is 25.0 Å². The van der Waals surface area contributed by atoms with Gasteiger partial charge in [0.05, 0.1) is 5.92 Å². The number of hydrogen-bond acceptors (Lipinski definition) is 4. The molecule has 2 aliphatic heterocycles. The maximum absolute atomic E-state index is 12.6. The number of piperidine rings is 1. The van der Waals surface area contributed by atoms with Crippen LogP contribution in [0.3, 0.4) is 0 Å². The van der Waals surface area contributed by atoms with Crippen LogP contribution in [0.1, 0.15) is 12.8 Å². The first-order chi connectivity index (χ1) is 11.7. The zero-order valence-corrected chi connectivity index (χ0v) is 13.9. The molecule has 2 aliphatic rings. The summed E-state index contributed by atoms with van der Waals surface area (Å²) in [7, 11) is 0. The fourth-order valence-electron chi connectivity index (χ4n) is 3.30. The molecule has 1 atom stereocenters. The Kier molecular flexibility index (Phi) is 5.69. The number of hydrogen-bond donors (Lipinski definition) is 1. The first-order valence-electron chi connectivity index (χ1n) is 8.69. The Balaban J connectivity index is 1.50. The van der Waals surface area contributed by atoms with Crippen molar-refractivity contribution in [3.63, 3.8) is 0 Å². The van der Waals surface area contributed by atoms with Crippen LogP contribution < -0.4 is 10.1 Å². The lowest BCUT2D eigenvalue weighted by Crippen LogP contribution is -2.52. The molecule has 0 aromatic heterocycles. The number of carbonyl (C=O) groups is 2. The molecule has 2 heterocycles. The van der Waals surface area contributed by atoms with Gasteiger partial charge in [-0.1, -0.05) is 18.2 Å². The second kappa shape index (κ2) is 8.15. The molecule has 2 saturated heterocycles. The van der Waals surface area contributed by atoms with Gasteiger partial charge in [-0.2, -0.15) is 0 Å². The van der Waals surface area contributed by atoms with Gasteiger partial charge in [0.25, 0.3) is 5.91 Å². The van der Waals surface area contributed by atoms with E-state index in [1.165, 1.54) is 0 Å². The maximum atomic E-state index is 12.6. The molecule has 0 spiro atoms. The molecule has 2 amide bonds. The molecular formula is C18H25N3O3. The maximum Gasteiger partial charge on any atom is 0.260 e. The Morgan fingerprint density at radius 3 is 2.58 bits per heavy atom. The third-order valence-electron chi connectivity index (χ3n) is 4.66. The average molecular weight is 331 g/mol. The van der Waals surface area contributed by atoms with Crippen molar-refractivity contribution < 1.29 is 14.3 Å². The predicted molar refractivity (Wildman–Crippen MR) is 90.7 cm³/mol. The van der Waals surface area contributed by atoms with Crippen molar-refractivity contribution in [1.82, 2.24) is 15.1 Å². The van der Waals surface area contributed by atoms with Crippen LogP contribution in [-0.2, 0) is 9.59 Å². The van der Waals surface area contributed by atoms with Crippen LogP contribution in [0.25, 0.3) is 0 Å². The Labute approximate surface area is 142 Å². The van der Waals surface area contributed by atoms with Crippen molar-refractivity contribution >= 4 is 11.8 Å². The summed E-state index contributed by atoms with van der Waals surface area (Å²) in [6, 6.07) is 9.33. The fraction of sp³-hybridized carbons (Fsp3) is 0.556. The molecule has 0 saturated carbocycles. The SMILES string of the molecule is O=C(COc1ccccc1)N1CCCC(C(=O)N2CCNCC2)C1. The van der Waals surface area contributed by atoms with E-state index in [1.807, 2.05) is 35.2 Å². The van der Waals surface area contributed by atoms with E-state index in [4.69, 9.17) is 4.74 Å². The van der Waals surface area contributed by atoms with E-state index < -0.39 is 0 Å². The van der Waals surface area contributed by atoms with E-state index in [0.29, 0.717) is 18.8 Å². The molecule has 24 heavy (non-hydrogen) atoms. The molecule has 130 valence electrons. The molecule has 1 aromatic rings. The Morgan fingerprint density at radius 2 is 1.83 bits per heavy atom. The summed E-state index contributed by atoms with van der Waals surface area (Å²) in [4.78, 5) is 28.7. The minimum atomic E-state index is -0.0717. The summed E-state index contributed by atoms with van der Waals surface area (Å²) in [5.41, 5.74) is 0. The molecular weight excluding hydrogens is 306 g/mol. The molecule has 1 aromatic carbocycles. The molecule has 1 unspecified atom stereocenters. The van der Waals surface area contributed by atoms with Gasteiger partial charge in [0.15, 0.2) is 6.61 Å². The van der Waals surface area contributed by atoms with Gasteiger partial charge < -0.3 is 19.9 Å². The highest BCUT2D eigenvalue weighted by atomic mass is 16.5. The Hall–Kier alpha value is -2.08. The van der Waals surface area contributed by atoms with Gasteiger partial charge in [-0.3, -0.25) is 9.59 Å². The second-order valence-corrected chi connectivity index (χ2v) is 6.36. The average Bonchev–Trinajstić information content (AvgIpc) is 2.67. The molecule has 6 nitrogen and oxygen atoms in total. The molecule has 6 heteroatoms. The monoisotopic (exact) mass is 331 g/mol. The molecule has 0 bridgehead atoms. The summed E-state index contributed by atoms with van der Waals surface area (Å²) >= 11 is 0. The van der Waals surface area contributed by atoms with E-state index in [2.05, 4.69) is 5.32 Å². The number of nitrogens with zero attached hydrogens (tertiary/aromatic N) is 2. The van der Waals surface area contributed by atoms with Crippen molar-refractivity contribution in [3.8, 4) is 5.75 Å². The van der Waals surface area contributed by atoms with Crippen LogP contribution in [0.4, 0.5) is 0 Å². The van der Waals surface area contributed by atoms with Crippen LogP contribution in [0, 0.1) is 5.92 Å². The zero-order chi connectivity index (χ0) is 16.8. The highest BCUT2D eigenvalue weighted by Crippen LogP contribution is 2.19. The van der Waals surface area contributed by atoms with Crippen molar-refractivity contribution in [2.45, 2.75) is 12.8 Å². The van der Waals surface area contributed by atoms with Gasteiger partial charge in [0.1, 0.15) is 5.75 Å². The molecule has 0 aliphatic carbocycles. The third kappa shape index (κ3) is 4.26. The fourth-order valence-corrected chi connectivity index (χ4v) is 3.30. The van der Waals surface area contributed by atoms with E-state index >= 15 is 0 Å². The number of amides is 2. The number of nitrogens with one attached hydrogen (secondary N) is 1. The number of likely N-dealkylation sites (tertiary alicyclic amines) is 1. The van der Waals surface area contributed by atoms with Gasteiger partial charge >= 0.3 is 0 Å².